The SMILES string of the molecule is Cc1ccc(F)c(CCNc2cc(=O)n(C)c(=O)[nH]2)c1. The minimum Gasteiger partial charge on any atom is -0.371 e. The summed E-state index contributed by atoms with van der Waals surface area (Å²) >= 11 is 0. The van der Waals surface area contributed by atoms with Gasteiger partial charge >= 0.3 is 5.69 Å². The van der Waals surface area contributed by atoms with Crippen LogP contribution in [0, 0.1) is 12.7 Å². The number of aromatic amines is 1. The predicted octanol–water partition coefficient (Wildman–Crippen LogP) is 1.18. The number of nitrogens with zero attached hydrogens (tertiary/aromatic N) is 1. The number of hydrogen-bond acceptors (Lipinski definition) is 3. The summed E-state index contributed by atoms with van der Waals surface area (Å²) in [5.41, 5.74) is 0.715. The van der Waals surface area contributed by atoms with E-state index < -0.39 is 11.2 Å². The summed E-state index contributed by atoms with van der Waals surface area (Å²) in [6, 6.07) is 6.23. The topological polar surface area (TPSA) is 66.9 Å². The Kier molecular flexibility index (Phi) is 4.02. The standard InChI is InChI=1S/C14H16FN3O2/c1-9-3-4-11(15)10(7-9)5-6-16-12-8-13(19)18(2)14(20)17-12/h3-4,7-8,16H,5-6H2,1-2H3,(H,17,20). The zero-order valence-corrected chi connectivity index (χ0v) is 11.4. The van der Waals surface area contributed by atoms with Gasteiger partial charge in [0.25, 0.3) is 5.56 Å². The fraction of sp³-hybridized carbons (Fsp3) is 0.286. The number of benzene rings is 1. The Labute approximate surface area is 115 Å². The number of halogens is 1. The first kappa shape index (κ1) is 14.0. The zero-order valence-electron chi connectivity index (χ0n) is 11.4. The molecule has 0 atom stereocenters. The molecule has 6 heteroatoms. The summed E-state index contributed by atoms with van der Waals surface area (Å²) in [6.07, 6.45) is 0.463. The molecule has 1 aromatic carbocycles. The number of anilines is 1. The zero-order chi connectivity index (χ0) is 14.7. The normalized spacial score (nSPS) is 10.6. The molecule has 0 aliphatic rings. The number of aromatic nitrogens is 2. The number of nitrogens with one attached hydrogen (secondary N) is 2. The molecule has 0 saturated heterocycles. The van der Waals surface area contributed by atoms with Crippen LogP contribution in [0.2, 0.25) is 0 Å². The van der Waals surface area contributed by atoms with Crippen molar-refractivity contribution in [2.45, 2.75) is 13.3 Å². The molecule has 5 nitrogen and oxygen atoms in total. The van der Waals surface area contributed by atoms with Crippen LogP contribution >= 0.6 is 0 Å². The Morgan fingerprint density at radius 1 is 1.30 bits per heavy atom. The number of aryl methyl sites for hydroxylation is 1. The van der Waals surface area contributed by atoms with Gasteiger partial charge in [-0.25, -0.2) is 9.18 Å². The van der Waals surface area contributed by atoms with Crippen molar-refractivity contribution in [3.8, 4) is 0 Å². The third-order valence-corrected chi connectivity index (χ3v) is 3.06. The fourth-order valence-electron chi connectivity index (χ4n) is 1.88. The number of rotatable bonds is 4. The number of hydrogen-bond donors (Lipinski definition) is 2. The van der Waals surface area contributed by atoms with Crippen molar-refractivity contribution in [1.29, 1.82) is 0 Å². The van der Waals surface area contributed by atoms with Crippen molar-refractivity contribution in [2.24, 2.45) is 7.05 Å². The predicted molar refractivity (Wildman–Crippen MR) is 75.6 cm³/mol. The van der Waals surface area contributed by atoms with Gasteiger partial charge in [0.1, 0.15) is 11.6 Å². The molecule has 0 saturated carbocycles. The van der Waals surface area contributed by atoms with Gasteiger partial charge in [0.2, 0.25) is 0 Å². The molecule has 1 heterocycles. The van der Waals surface area contributed by atoms with E-state index in [0.717, 1.165) is 10.1 Å². The second-order valence-corrected chi connectivity index (χ2v) is 4.66. The lowest BCUT2D eigenvalue weighted by Gasteiger charge is -2.08. The molecule has 2 N–H and O–H groups in total. The van der Waals surface area contributed by atoms with Crippen LogP contribution < -0.4 is 16.6 Å². The molecule has 0 aliphatic carbocycles. The van der Waals surface area contributed by atoms with E-state index in [2.05, 4.69) is 10.3 Å². The van der Waals surface area contributed by atoms with Crippen molar-refractivity contribution in [2.75, 3.05) is 11.9 Å². The lowest BCUT2D eigenvalue weighted by atomic mass is 10.1. The molecule has 0 unspecified atom stereocenters. The van der Waals surface area contributed by atoms with E-state index in [4.69, 9.17) is 0 Å². The van der Waals surface area contributed by atoms with Gasteiger partial charge in [-0.3, -0.25) is 14.3 Å². The van der Waals surface area contributed by atoms with E-state index in [1.54, 1.807) is 12.1 Å². The maximum atomic E-state index is 13.5. The highest BCUT2D eigenvalue weighted by Crippen LogP contribution is 2.10. The summed E-state index contributed by atoms with van der Waals surface area (Å²) in [6.45, 7) is 2.32. The lowest BCUT2D eigenvalue weighted by molar-refractivity contribution is 0.610. The van der Waals surface area contributed by atoms with Gasteiger partial charge in [-0.2, -0.15) is 0 Å². The van der Waals surface area contributed by atoms with Crippen LogP contribution in [0.3, 0.4) is 0 Å². The average molecular weight is 277 g/mol. The molecule has 0 spiro atoms. The van der Waals surface area contributed by atoms with Crippen molar-refractivity contribution in [3.05, 3.63) is 62.0 Å². The third kappa shape index (κ3) is 3.14. The van der Waals surface area contributed by atoms with E-state index >= 15 is 0 Å². The van der Waals surface area contributed by atoms with E-state index in [1.165, 1.54) is 19.2 Å². The van der Waals surface area contributed by atoms with E-state index in [0.29, 0.717) is 24.3 Å². The summed E-state index contributed by atoms with van der Waals surface area (Å²) < 4.78 is 14.5. The van der Waals surface area contributed by atoms with Crippen LogP contribution in [0.15, 0.2) is 33.9 Å². The van der Waals surface area contributed by atoms with Crippen LogP contribution in [0.25, 0.3) is 0 Å². The van der Waals surface area contributed by atoms with Gasteiger partial charge in [-0.15, -0.1) is 0 Å². The van der Waals surface area contributed by atoms with Gasteiger partial charge in [0.05, 0.1) is 0 Å². The van der Waals surface area contributed by atoms with Crippen LogP contribution in [0.5, 0.6) is 0 Å². The molecule has 0 fully saturated rings. The van der Waals surface area contributed by atoms with Gasteiger partial charge < -0.3 is 5.32 Å². The Morgan fingerprint density at radius 3 is 2.75 bits per heavy atom. The maximum absolute atomic E-state index is 13.5. The quantitative estimate of drug-likeness (QED) is 0.881. The van der Waals surface area contributed by atoms with Gasteiger partial charge in [-0.1, -0.05) is 17.7 Å². The molecule has 0 bridgehead atoms. The first-order valence-corrected chi connectivity index (χ1v) is 6.26. The largest absolute Gasteiger partial charge is 0.371 e. The Hall–Kier alpha value is -2.37. The lowest BCUT2D eigenvalue weighted by Crippen LogP contribution is -2.32. The molecule has 0 amide bonds. The van der Waals surface area contributed by atoms with Gasteiger partial charge in [-0.05, 0) is 25.0 Å². The van der Waals surface area contributed by atoms with E-state index in [9.17, 15) is 14.0 Å². The molecule has 2 rings (SSSR count). The highest BCUT2D eigenvalue weighted by molar-refractivity contribution is 5.33. The molecule has 0 aliphatic heterocycles. The first-order valence-electron chi connectivity index (χ1n) is 6.26. The maximum Gasteiger partial charge on any atom is 0.329 e. The van der Waals surface area contributed by atoms with Crippen LogP contribution in [0.4, 0.5) is 10.2 Å². The van der Waals surface area contributed by atoms with Crippen molar-refractivity contribution in [1.82, 2.24) is 9.55 Å². The number of H-pyrrole nitrogens is 1. The van der Waals surface area contributed by atoms with Gasteiger partial charge in [0, 0.05) is 19.7 Å². The second kappa shape index (κ2) is 5.73. The molecule has 1 aromatic heterocycles. The highest BCUT2D eigenvalue weighted by Gasteiger charge is 2.03. The Morgan fingerprint density at radius 2 is 2.05 bits per heavy atom. The molecule has 106 valence electrons. The molecule has 0 radical (unpaired) electrons. The summed E-state index contributed by atoms with van der Waals surface area (Å²) in [5, 5.41) is 2.91. The monoisotopic (exact) mass is 277 g/mol. The van der Waals surface area contributed by atoms with Gasteiger partial charge in [0.15, 0.2) is 0 Å². The first-order chi connectivity index (χ1) is 9.47. The summed E-state index contributed by atoms with van der Waals surface area (Å²) in [7, 11) is 1.40. The Bertz CT molecular complexity index is 703. The molecule has 20 heavy (non-hydrogen) atoms. The molecular weight excluding hydrogens is 261 g/mol. The van der Waals surface area contributed by atoms with Crippen LogP contribution in [0.1, 0.15) is 11.1 Å². The molecular formula is C14H16FN3O2. The highest BCUT2D eigenvalue weighted by atomic mass is 19.1. The smallest absolute Gasteiger partial charge is 0.329 e. The third-order valence-electron chi connectivity index (χ3n) is 3.06. The van der Waals surface area contributed by atoms with Crippen molar-refractivity contribution in [3.63, 3.8) is 0 Å². The fourth-order valence-corrected chi connectivity index (χ4v) is 1.88. The minimum absolute atomic E-state index is 0.255. The van der Waals surface area contributed by atoms with Crippen LogP contribution in [-0.2, 0) is 13.5 Å². The van der Waals surface area contributed by atoms with Crippen molar-refractivity contribution >= 4 is 5.82 Å². The van der Waals surface area contributed by atoms with Crippen LogP contribution in [-0.4, -0.2) is 16.1 Å². The van der Waals surface area contributed by atoms with E-state index in [1.807, 2.05) is 6.92 Å². The summed E-state index contributed by atoms with van der Waals surface area (Å²) in [5.74, 6) is 0.0843. The Balaban J connectivity index is 2.05. The summed E-state index contributed by atoms with van der Waals surface area (Å²) in [4.78, 5) is 25.4. The minimum atomic E-state index is -0.485. The second-order valence-electron chi connectivity index (χ2n) is 4.66. The van der Waals surface area contributed by atoms with Crippen molar-refractivity contribution < 1.29 is 4.39 Å². The van der Waals surface area contributed by atoms with E-state index in [-0.39, 0.29) is 5.82 Å². The average Bonchev–Trinajstić information content (AvgIpc) is 2.40. The molecule has 2 aromatic rings.